The monoisotopic (exact) mass is 256 g/mol. The highest BCUT2D eigenvalue weighted by molar-refractivity contribution is 5.73. The van der Waals surface area contributed by atoms with Crippen LogP contribution >= 0.6 is 0 Å². The SMILES string of the molecule is CNc1ncnnc1-c1ccc(C(C)(C)C)cc1C. The van der Waals surface area contributed by atoms with Crippen molar-refractivity contribution in [3.8, 4) is 11.3 Å². The Kier molecular flexibility index (Phi) is 3.51. The molecule has 0 aliphatic carbocycles. The summed E-state index contributed by atoms with van der Waals surface area (Å²) in [4.78, 5) is 4.20. The molecule has 0 atom stereocenters. The summed E-state index contributed by atoms with van der Waals surface area (Å²) < 4.78 is 0. The van der Waals surface area contributed by atoms with Gasteiger partial charge in [-0.2, -0.15) is 0 Å². The van der Waals surface area contributed by atoms with Crippen LogP contribution in [0.1, 0.15) is 31.9 Å². The van der Waals surface area contributed by atoms with E-state index in [4.69, 9.17) is 0 Å². The van der Waals surface area contributed by atoms with E-state index in [-0.39, 0.29) is 5.41 Å². The van der Waals surface area contributed by atoms with E-state index in [2.05, 4.69) is 66.4 Å². The molecule has 19 heavy (non-hydrogen) atoms. The second-order valence-electron chi connectivity index (χ2n) is 5.69. The highest BCUT2D eigenvalue weighted by atomic mass is 15.2. The number of hydrogen-bond donors (Lipinski definition) is 1. The standard InChI is InChI=1S/C15H20N4/c1-10-8-11(15(2,3)4)6-7-12(10)13-14(16-5)17-9-18-19-13/h6-9H,1-5H3,(H,16,17,18). The quantitative estimate of drug-likeness (QED) is 0.896. The van der Waals surface area contributed by atoms with Crippen molar-refractivity contribution in [1.29, 1.82) is 0 Å². The van der Waals surface area contributed by atoms with Crippen molar-refractivity contribution in [3.05, 3.63) is 35.7 Å². The van der Waals surface area contributed by atoms with Crippen molar-refractivity contribution in [3.63, 3.8) is 0 Å². The number of aryl methyl sites for hydroxylation is 1. The molecule has 0 saturated heterocycles. The Morgan fingerprint density at radius 2 is 1.89 bits per heavy atom. The lowest BCUT2D eigenvalue weighted by molar-refractivity contribution is 0.590. The molecule has 100 valence electrons. The van der Waals surface area contributed by atoms with Crippen molar-refractivity contribution < 1.29 is 0 Å². The first kappa shape index (κ1) is 13.5. The maximum Gasteiger partial charge on any atom is 0.156 e. The fourth-order valence-electron chi connectivity index (χ4n) is 2.04. The van der Waals surface area contributed by atoms with E-state index in [0.29, 0.717) is 0 Å². The van der Waals surface area contributed by atoms with Gasteiger partial charge in [0.05, 0.1) is 0 Å². The lowest BCUT2D eigenvalue weighted by Crippen LogP contribution is -2.11. The fourth-order valence-corrected chi connectivity index (χ4v) is 2.04. The highest BCUT2D eigenvalue weighted by Gasteiger charge is 2.16. The molecule has 0 bridgehead atoms. The van der Waals surface area contributed by atoms with Gasteiger partial charge in [-0.1, -0.05) is 39.0 Å². The van der Waals surface area contributed by atoms with Crippen LogP contribution in [0.4, 0.5) is 5.82 Å². The summed E-state index contributed by atoms with van der Waals surface area (Å²) >= 11 is 0. The van der Waals surface area contributed by atoms with Gasteiger partial charge in [-0.15, -0.1) is 10.2 Å². The summed E-state index contributed by atoms with van der Waals surface area (Å²) in [6, 6.07) is 6.46. The topological polar surface area (TPSA) is 50.7 Å². The van der Waals surface area contributed by atoms with Gasteiger partial charge in [-0.3, -0.25) is 0 Å². The van der Waals surface area contributed by atoms with Gasteiger partial charge in [-0.05, 0) is 23.5 Å². The molecule has 1 aromatic carbocycles. The van der Waals surface area contributed by atoms with Crippen LogP contribution in [0.25, 0.3) is 11.3 Å². The van der Waals surface area contributed by atoms with E-state index in [1.807, 2.05) is 7.05 Å². The molecule has 0 unspecified atom stereocenters. The summed E-state index contributed by atoms with van der Waals surface area (Å²) in [7, 11) is 1.84. The molecule has 2 rings (SSSR count). The molecule has 0 spiro atoms. The Balaban J connectivity index is 2.53. The van der Waals surface area contributed by atoms with E-state index in [1.54, 1.807) is 0 Å². The van der Waals surface area contributed by atoms with Crippen molar-refractivity contribution in [2.45, 2.75) is 33.1 Å². The minimum atomic E-state index is 0.149. The average Bonchev–Trinajstić information content (AvgIpc) is 2.37. The molecule has 0 fully saturated rings. The molecule has 0 aliphatic rings. The molecule has 4 nitrogen and oxygen atoms in total. The first-order valence-corrected chi connectivity index (χ1v) is 6.40. The predicted octanol–water partition coefficient (Wildman–Crippen LogP) is 3.19. The number of benzene rings is 1. The molecule has 0 radical (unpaired) electrons. The number of hydrogen-bond acceptors (Lipinski definition) is 4. The Hall–Kier alpha value is -1.97. The summed E-state index contributed by atoms with van der Waals surface area (Å²) in [6.45, 7) is 8.73. The van der Waals surface area contributed by atoms with Gasteiger partial charge in [0, 0.05) is 12.6 Å². The van der Waals surface area contributed by atoms with Crippen LogP contribution in [0, 0.1) is 6.92 Å². The van der Waals surface area contributed by atoms with Crippen molar-refractivity contribution in [2.75, 3.05) is 12.4 Å². The van der Waals surface area contributed by atoms with Gasteiger partial charge < -0.3 is 5.32 Å². The average molecular weight is 256 g/mol. The second kappa shape index (κ2) is 4.96. The molecule has 1 aromatic heterocycles. The van der Waals surface area contributed by atoms with Crippen LogP contribution in [0.2, 0.25) is 0 Å². The zero-order chi connectivity index (χ0) is 14.0. The molecule has 0 amide bonds. The summed E-state index contributed by atoms with van der Waals surface area (Å²) in [5.74, 6) is 0.751. The largest absolute Gasteiger partial charge is 0.371 e. The number of nitrogens with zero attached hydrogens (tertiary/aromatic N) is 3. The first-order valence-electron chi connectivity index (χ1n) is 6.40. The normalized spacial score (nSPS) is 11.4. The van der Waals surface area contributed by atoms with Gasteiger partial charge in [0.15, 0.2) is 5.82 Å². The number of nitrogens with one attached hydrogen (secondary N) is 1. The molecular weight excluding hydrogens is 236 g/mol. The van der Waals surface area contributed by atoms with Gasteiger partial charge in [0.25, 0.3) is 0 Å². The molecule has 0 saturated carbocycles. The van der Waals surface area contributed by atoms with E-state index in [9.17, 15) is 0 Å². The Morgan fingerprint density at radius 3 is 2.47 bits per heavy atom. The molecule has 1 heterocycles. The Morgan fingerprint density at radius 1 is 1.16 bits per heavy atom. The van der Waals surface area contributed by atoms with Gasteiger partial charge in [0.2, 0.25) is 0 Å². The first-order chi connectivity index (χ1) is 8.93. The second-order valence-corrected chi connectivity index (χ2v) is 5.69. The molecular formula is C15H20N4. The van der Waals surface area contributed by atoms with Crippen molar-refractivity contribution in [2.24, 2.45) is 0 Å². The maximum absolute atomic E-state index is 4.20. The van der Waals surface area contributed by atoms with Crippen LogP contribution in [0.5, 0.6) is 0 Å². The minimum absolute atomic E-state index is 0.149. The zero-order valence-corrected chi connectivity index (χ0v) is 12.2. The molecule has 1 N–H and O–H groups in total. The summed E-state index contributed by atoms with van der Waals surface area (Å²) in [5, 5.41) is 11.1. The lowest BCUT2D eigenvalue weighted by Gasteiger charge is -2.20. The van der Waals surface area contributed by atoms with Gasteiger partial charge in [0.1, 0.15) is 12.0 Å². The van der Waals surface area contributed by atoms with E-state index < -0.39 is 0 Å². The Bertz CT molecular complexity index is 585. The van der Waals surface area contributed by atoms with E-state index in [0.717, 1.165) is 17.1 Å². The third-order valence-corrected chi connectivity index (χ3v) is 3.20. The van der Waals surface area contributed by atoms with Crippen molar-refractivity contribution in [1.82, 2.24) is 15.2 Å². The summed E-state index contributed by atoms with van der Waals surface area (Å²) in [6.07, 6.45) is 1.45. The molecule has 2 aromatic rings. The maximum atomic E-state index is 4.20. The van der Waals surface area contributed by atoms with Crippen LogP contribution in [-0.2, 0) is 5.41 Å². The Labute approximate surface area is 114 Å². The summed E-state index contributed by atoms with van der Waals surface area (Å²) in [5.41, 5.74) is 4.51. The predicted molar refractivity (Wildman–Crippen MR) is 78.2 cm³/mol. The number of aromatic nitrogens is 3. The highest BCUT2D eigenvalue weighted by Crippen LogP contribution is 2.30. The van der Waals surface area contributed by atoms with E-state index >= 15 is 0 Å². The zero-order valence-electron chi connectivity index (χ0n) is 12.2. The van der Waals surface area contributed by atoms with Crippen LogP contribution in [0.15, 0.2) is 24.5 Å². The lowest BCUT2D eigenvalue weighted by atomic mass is 9.85. The molecule has 4 heteroatoms. The van der Waals surface area contributed by atoms with Crippen LogP contribution in [-0.4, -0.2) is 22.2 Å². The smallest absolute Gasteiger partial charge is 0.156 e. The van der Waals surface area contributed by atoms with E-state index in [1.165, 1.54) is 17.5 Å². The fraction of sp³-hybridized carbons (Fsp3) is 0.400. The molecule has 0 aliphatic heterocycles. The third kappa shape index (κ3) is 2.72. The third-order valence-electron chi connectivity index (χ3n) is 3.20. The number of rotatable bonds is 2. The van der Waals surface area contributed by atoms with Crippen LogP contribution in [0.3, 0.4) is 0 Å². The number of anilines is 1. The van der Waals surface area contributed by atoms with Crippen LogP contribution < -0.4 is 5.32 Å². The van der Waals surface area contributed by atoms with Gasteiger partial charge >= 0.3 is 0 Å². The van der Waals surface area contributed by atoms with Gasteiger partial charge in [-0.25, -0.2) is 4.98 Å². The van der Waals surface area contributed by atoms with Crippen molar-refractivity contribution >= 4 is 5.82 Å². The minimum Gasteiger partial charge on any atom is -0.371 e.